The summed E-state index contributed by atoms with van der Waals surface area (Å²) in [5.74, 6) is -1.20. The van der Waals surface area contributed by atoms with Crippen molar-refractivity contribution in [1.29, 1.82) is 0 Å². The molecule has 0 N–H and O–H groups in total. The molecule has 1 aliphatic heterocycles. The highest BCUT2D eigenvalue weighted by molar-refractivity contribution is 5.94. The van der Waals surface area contributed by atoms with E-state index >= 15 is 0 Å². The first-order valence-electron chi connectivity index (χ1n) is 33.0. The molecule has 12 nitrogen and oxygen atoms in total. The highest BCUT2D eigenvalue weighted by Crippen LogP contribution is 2.59. The molecule has 0 aromatic heterocycles. The summed E-state index contributed by atoms with van der Waals surface area (Å²) in [4.78, 5) is 49.3. The van der Waals surface area contributed by atoms with Gasteiger partial charge in [-0.1, -0.05) is 197 Å². The highest BCUT2D eigenvalue weighted by Gasteiger charge is 2.70. The quantitative estimate of drug-likeness (QED) is 0.0371. The highest BCUT2D eigenvalue weighted by atomic mass is 16.7. The van der Waals surface area contributed by atoms with Gasteiger partial charge >= 0.3 is 23.9 Å². The number of hydrogen-bond donors (Lipinski definition) is 0. The summed E-state index contributed by atoms with van der Waals surface area (Å²) in [5.41, 5.74) is 12.3. The van der Waals surface area contributed by atoms with Gasteiger partial charge in [0.05, 0.1) is 17.9 Å². The Morgan fingerprint density at radius 1 is 0.574 bits per heavy atom. The molecule has 10 atom stereocenters. The van der Waals surface area contributed by atoms with E-state index in [-0.39, 0.29) is 60.6 Å². The second kappa shape index (κ2) is 28.1. The minimum atomic E-state index is -0.580. The van der Waals surface area contributed by atoms with E-state index in [0.29, 0.717) is 17.6 Å². The van der Waals surface area contributed by atoms with Crippen molar-refractivity contribution in [2.24, 2.45) is 23.7 Å². The third-order valence-electron chi connectivity index (χ3n) is 19.6. The Labute approximate surface area is 551 Å². The maximum atomic E-state index is 13.2. The Morgan fingerprint density at radius 3 is 1.57 bits per heavy atom. The van der Waals surface area contributed by atoms with Gasteiger partial charge in [0.1, 0.15) is 41.5 Å². The molecule has 12 heteroatoms. The van der Waals surface area contributed by atoms with Crippen molar-refractivity contribution in [3.05, 3.63) is 252 Å². The van der Waals surface area contributed by atoms with Crippen LogP contribution >= 0.6 is 0 Å². The van der Waals surface area contributed by atoms with E-state index in [9.17, 15) is 19.2 Å². The first-order chi connectivity index (χ1) is 45.5. The van der Waals surface area contributed by atoms with Crippen LogP contribution in [-0.4, -0.2) is 54.3 Å². The maximum absolute atomic E-state index is 13.2. The van der Waals surface area contributed by atoms with Gasteiger partial charge in [-0.05, 0) is 162 Å². The van der Waals surface area contributed by atoms with Crippen molar-refractivity contribution < 1.29 is 57.1 Å². The molecule has 6 aliphatic carbocycles. The molecule has 7 aliphatic rings. The molecule has 482 valence electrons. The van der Waals surface area contributed by atoms with Crippen molar-refractivity contribution in [3.8, 4) is 22.6 Å². The lowest BCUT2D eigenvalue weighted by molar-refractivity contribution is -0.177. The van der Waals surface area contributed by atoms with Crippen LogP contribution in [0.15, 0.2) is 207 Å². The second-order valence-corrected chi connectivity index (χ2v) is 25.7. The van der Waals surface area contributed by atoms with Gasteiger partial charge in [-0.25, -0.2) is 9.59 Å². The molecule has 3 saturated carbocycles. The van der Waals surface area contributed by atoms with Crippen LogP contribution < -0.4 is 9.47 Å². The summed E-state index contributed by atoms with van der Waals surface area (Å²) in [6, 6.07) is 57.8. The molecule has 0 amide bonds. The first kappa shape index (κ1) is 64.7. The van der Waals surface area contributed by atoms with Crippen molar-refractivity contribution in [2.45, 2.75) is 141 Å². The third kappa shape index (κ3) is 13.4. The molecule has 94 heavy (non-hydrogen) atoms. The summed E-state index contributed by atoms with van der Waals surface area (Å²) in [7, 11) is 0. The van der Waals surface area contributed by atoms with Gasteiger partial charge < -0.3 is 37.9 Å². The molecule has 10 unspecified atom stereocenters. The monoisotopic (exact) mass is 1260 g/mol. The summed E-state index contributed by atoms with van der Waals surface area (Å²) in [6.45, 7) is 24.0. The molecular formula is C82H82O12. The van der Waals surface area contributed by atoms with Crippen molar-refractivity contribution in [3.63, 3.8) is 0 Å². The fraction of sp³-hybridized carbons (Fsp3) is 0.317. The Kier molecular flexibility index (Phi) is 19.3. The minimum Gasteiger partial charge on any atom is -0.465 e. The molecular weight excluding hydrogens is 1180 g/mol. The van der Waals surface area contributed by atoms with Crippen LogP contribution in [0.3, 0.4) is 0 Å². The zero-order chi connectivity index (χ0) is 65.8. The summed E-state index contributed by atoms with van der Waals surface area (Å²) < 4.78 is 47.0. The normalized spacial score (nSPS) is 22.2. The lowest BCUT2D eigenvalue weighted by Gasteiger charge is -2.38. The number of ether oxygens (including phenoxy) is 8. The lowest BCUT2D eigenvalue weighted by atomic mass is 9.77. The molecule has 2 bridgehead atoms. The molecule has 1 heterocycles. The van der Waals surface area contributed by atoms with Crippen LogP contribution in [-0.2, 0) is 60.4 Å². The van der Waals surface area contributed by atoms with E-state index in [4.69, 9.17) is 37.9 Å². The zero-order valence-electron chi connectivity index (χ0n) is 54.3. The van der Waals surface area contributed by atoms with Gasteiger partial charge in [0.2, 0.25) is 0 Å². The van der Waals surface area contributed by atoms with Crippen LogP contribution in [0, 0.1) is 23.7 Å². The number of hydrogen-bond acceptors (Lipinski definition) is 12. The van der Waals surface area contributed by atoms with Crippen LogP contribution in [0.4, 0.5) is 0 Å². The largest absolute Gasteiger partial charge is 0.465 e. The molecule has 8 aromatic rings. The molecule has 8 aromatic carbocycles. The van der Waals surface area contributed by atoms with E-state index in [2.05, 4.69) is 136 Å². The van der Waals surface area contributed by atoms with Crippen LogP contribution in [0.1, 0.15) is 142 Å². The van der Waals surface area contributed by atoms with E-state index in [0.717, 1.165) is 73.1 Å². The molecule has 4 fully saturated rings. The topological polar surface area (TPSA) is 142 Å². The maximum Gasteiger partial charge on any atom is 0.333 e. The van der Waals surface area contributed by atoms with Gasteiger partial charge in [-0.15, -0.1) is 0 Å². The van der Waals surface area contributed by atoms with Crippen molar-refractivity contribution in [1.82, 2.24) is 0 Å². The molecule has 0 radical (unpaired) electrons. The average Bonchev–Trinajstić information content (AvgIpc) is 1.55. The van der Waals surface area contributed by atoms with Crippen molar-refractivity contribution in [2.75, 3.05) is 0 Å². The van der Waals surface area contributed by atoms with Crippen LogP contribution in [0.5, 0.6) is 11.5 Å². The number of carbonyl (C=O) groups is 4. The van der Waals surface area contributed by atoms with Crippen LogP contribution in [0.25, 0.3) is 44.8 Å². The third-order valence-corrected chi connectivity index (χ3v) is 19.6. The number of esters is 4. The fourth-order valence-electron chi connectivity index (χ4n) is 15.0. The Morgan fingerprint density at radius 2 is 1.05 bits per heavy atom. The van der Waals surface area contributed by atoms with E-state index < -0.39 is 35.6 Å². The van der Waals surface area contributed by atoms with Crippen LogP contribution in [0.2, 0.25) is 0 Å². The Balaban J connectivity index is 0.000000121. The predicted octanol–water partition coefficient (Wildman–Crippen LogP) is 17.9. The Bertz CT molecular complexity index is 4120. The van der Waals surface area contributed by atoms with Gasteiger partial charge in [0.15, 0.2) is 12.6 Å². The summed E-state index contributed by atoms with van der Waals surface area (Å²) >= 11 is 0. The number of benzene rings is 8. The molecule has 1 saturated heterocycles. The second-order valence-electron chi connectivity index (χ2n) is 25.7. The van der Waals surface area contributed by atoms with E-state index in [1.807, 2.05) is 92.7 Å². The summed E-state index contributed by atoms with van der Waals surface area (Å²) in [6.07, 6.45) is 9.87. The smallest absolute Gasteiger partial charge is 0.333 e. The van der Waals surface area contributed by atoms with Gasteiger partial charge in [0, 0.05) is 41.4 Å². The van der Waals surface area contributed by atoms with Gasteiger partial charge in [-0.3, -0.25) is 9.59 Å². The minimum absolute atomic E-state index is 0.0496. The number of carbonyl (C=O) groups excluding carboxylic acids is 4. The number of rotatable bonds is 17. The first-order valence-corrected chi connectivity index (χ1v) is 33.0. The van der Waals surface area contributed by atoms with E-state index in [1.54, 1.807) is 13.8 Å². The predicted molar refractivity (Wildman–Crippen MR) is 366 cm³/mol. The van der Waals surface area contributed by atoms with E-state index in [1.165, 1.54) is 66.9 Å². The standard InChI is InChI=1S/C23H20O2.C22H20O2.C21H28O6.C16H14O2/c1-3-17-12-14-18(15-13-17)24-16(2)25-23-21-10-6-4-8-19(21)20-9-5-7-11-22(20)23;1-3-16-10-12-19(13-11-16)23-15(2)24-21-14-18-8-4-6-17-7-5-9-20(21)22(17)18;1-4-21(8-6-5-7-9-21)27-20(24)15-13-10-12-14(15)19(23)26-17(12)16(13)25-18(22)11(2)3;1-10(2)16(17)18-14-9-12-7-3-5-11-6-4-8-13(14)15(11)12/h3-16,23H,1H2,2H3;3-13,15,21H,1,14H2,2H3;12-17H,2,4-10H2,1,3H3;3-8,14H,1,9H2,2H3. The SMILES string of the molecule is C=C(C)C(=O)OC1C2CC3C1OC(=O)C3C2C(=O)OC1(CC)CCCCC1.C=C(C)C(=O)OC1Cc2cccc3cccc1c23.C=Cc1ccc(OC(C)OC2Cc3cccc4cccc2c34)cc1.C=Cc1ccc(OC(C)OC2c3ccccc3-c3ccccc32)cc1. The average molecular weight is 1260 g/mol. The molecule has 0 spiro atoms. The number of fused-ring (bicyclic) bond motifs is 4. The van der Waals surface area contributed by atoms with Gasteiger partial charge in [0.25, 0.3) is 0 Å². The van der Waals surface area contributed by atoms with Crippen molar-refractivity contribution >= 4 is 57.6 Å². The Hall–Kier alpha value is -9.36. The lowest BCUT2D eigenvalue weighted by Crippen LogP contribution is -2.46. The fourth-order valence-corrected chi connectivity index (χ4v) is 15.0. The zero-order valence-corrected chi connectivity index (χ0v) is 54.3. The van der Waals surface area contributed by atoms with Gasteiger partial charge in [-0.2, -0.15) is 0 Å². The molecule has 15 rings (SSSR count). The summed E-state index contributed by atoms with van der Waals surface area (Å²) in [5, 5.41) is 5.07.